The van der Waals surface area contributed by atoms with E-state index in [9.17, 15) is 8.42 Å². The molecule has 146 valence electrons. The van der Waals surface area contributed by atoms with Crippen LogP contribution in [0.5, 0.6) is 0 Å². The Labute approximate surface area is 159 Å². The fourth-order valence-corrected chi connectivity index (χ4v) is 5.57. The van der Waals surface area contributed by atoms with Crippen molar-refractivity contribution in [1.82, 2.24) is 23.4 Å². The Morgan fingerprint density at radius 3 is 2.44 bits per heavy atom. The first kappa shape index (κ1) is 18.5. The van der Waals surface area contributed by atoms with Gasteiger partial charge in [0.15, 0.2) is 5.82 Å². The SMILES string of the molecule is CC(C)[C@H]1c2nc(-c3ccccc3)nn2CCN1S(=O)(=O)N1CCOCC1. The monoisotopic (exact) mass is 391 g/mol. The summed E-state index contributed by atoms with van der Waals surface area (Å²) in [5.74, 6) is 1.43. The van der Waals surface area contributed by atoms with Crippen LogP contribution in [0.15, 0.2) is 30.3 Å². The van der Waals surface area contributed by atoms with E-state index in [2.05, 4.69) is 5.10 Å². The van der Waals surface area contributed by atoms with E-state index in [0.29, 0.717) is 51.0 Å². The Bertz CT molecular complexity index is 891. The van der Waals surface area contributed by atoms with Gasteiger partial charge in [0.05, 0.1) is 25.8 Å². The number of fused-ring (bicyclic) bond motifs is 1. The number of benzene rings is 1. The molecule has 2 aliphatic rings. The number of aromatic nitrogens is 3. The minimum absolute atomic E-state index is 0.0766. The molecular weight excluding hydrogens is 366 g/mol. The van der Waals surface area contributed by atoms with Gasteiger partial charge in [-0.25, -0.2) is 9.67 Å². The summed E-state index contributed by atoms with van der Waals surface area (Å²) in [5, 5.41) is 4.63. The van der Waals surface area contributed by atoms with E-state index >= 15 is 0 Å². The second-order valence-electron chi connectivity index (χ2n) is 7.20. The molecular formula is C18H25N5O3S. The van der Waals surface area contributed by atoms with E-state index in [0.717, 1.165) is 5.56 Å². The van der Waals surface area contributed by atoms with Crippen molar-refractivity contribution in [2.45, 2.75) is 26.4 Å². The average Bonchev–Trinajstić information content (AvgIpc) is 3.12. The Kier molecular flexibility index (Phi) is 5.02. The van der Waals surface area contributed by atoms with Gasteiger partial charge in [0.2, 0.25) is 0 Å². The molecule has 0 radical (unpaired) electrons. The summed E-state index contributed by atoms with van der Waals surface area (Å²) in [5.41, 5.74) is 0.935. The molecule has 2 aliphatic heterocycles. The van der Waals surface area contributed by atoms with Gasteiger partial charge < -0.3 is 4.74 Å². The number of hydrogen-bond acceptors (Lipinski definition) is 5. The number of nitrogens with zero attached hydrogens (tertiary/aromatic N) is 5. The van der Waals surface area contributed by atoms with Gasteiger partial charge in [-0.3, -0.25) is 0 Å². The molecule has 27 heavy (non-hydrogen) atoms. The molecule has 0 bridgehead atoms. The highest BCUT2D eigenvalue weighted by Gasteiger charge is 2.42. The van der Waals surface area contributed by atoms with Crippen LogP contribution in [0.1, 0.15) is 25.7 Å². The predicted molar refractivity (Wildman–Crippen MR) is 101 cm³/mol. The minimum Gasteiger partial charge on any atom is -0.379 e. The fraction of sp³-hybridized carbons (Fsp3) is 0.556. The maximum atomic E-state index is 13.3. The van der Waals surface area contributed by atoms with Crippen LogP contribution in [0.4, 0.5) is 0 Å². The average molecular weight is 391 g/mol. The first-order valence-electron chi connectivity index (χ1n) is 9.33. The zero-order valence-corrected chi connectivity index (χ0v) is 16.5. The third-order valence-electron chi connectivity index (χ3n) is 5.06. The van der Waals surface area contributed by atoms with Crippen molar-refractivity contribution >= 4 is 10.2 Å². The Hall–Kier alpha value is -1.81. The second-order valence-corrected chi connectivity index (χ2v) is 9.08. The van der Waals surface area contributed by atoms with Crippen molar-refractivity contribution < 1.29 is 13.2 Å². The van der Waals surface area contributed by atoms with Crippen LogP contribution in [0.25, 0.3) is 11.4 Å². The molecule has 3 heterocycles. The highest BCUT2D eigenvalue weighted by atomic mass is 32.2. The lowest BCUT2D eigenvalue weighted by molar-refractivity contribution is 0.0669. The smallest absolute Gasteiger partial charge is 0.282 e. The fourth-order valence-electron chi connectivity index (χ4n) is 3.72. The van der Waals surface area contributed by atoms with Crippen LogP contribution < -0.4 is 0 Å². The summed E-state index contributed by atoms with van der Waals surface area (Å²) in [7, 11) is -3.57. The van der Waals surface area contributed by atoms with E-state index in [1.807, 2.05) is 48.9 Å². The van der Waals surface area contributed by atoms with Crippen LogP contribution in [0, 0.1) is 5.92 Å². The molecule has 1 saturated heterocycles. The van der Waals surface area contributed by atoms with Gasteiger partial charge in [0, 0.05) is 25.2 Å². The van der Waals surface area contributed by atoms with Gasteiger partial charge >= 0.3 is 0 Å². The molecule has 0 amide bonds. The first-order chi connectivity index (χ1) is 13.0. The lowest BCUT2D eigenvalue weighted by atomic mass is 10.0. The van der Waals surface area contributed by atoms with E-state index in [4.69, 9.17) is 9.72 Å². The lowest BCUT2D eigenvalue weighted by Crippen LogP contribution is -2.53. The van der Waals surface area contributed by atoms with Crippen LogP contribution in [-0.4, -0.2) is 64.6 Å². The van der Waals surface area contributed by atoms with Crippen LogP contribution in [-0.2, 0) is 21.5 Å². The molecule has 1 aromatic carbocycles. The van der Waals surface area contributed by atoms with Crippen molar-refractivity contribution in [2.75, 3.05) is 32.8 Å². The Balaban J connectivity index is 1.70. The van der Waals surface area contributed by atoms with Gasteiger partial charge in [-0.05, 0) is 5.92 Å². The topological polar surface area (TPSA) is 80.6 Å². The van der Waals surface area contributed by atoms with Crippen LogP contribution >= 0.6 is 0 Å². The number of ether oxygens (including phenoxy) is 1. The predicted octanol–water partition coefficient (Wildman–Crippen LogP) is 1.53. The van der Waals surface area contributed by atoms with E-state index < -0.39 is 10.2 Å². The highest BCUT2D eigenvalue weighted by molar-refractivity contribution is 7.86. The maximum Gasteiger partial charge on any atom is 0.282 e. The lowest BCUT2D eigenvalue weighted by Gasteiger charge is -2.39. The third-order valence-corrected chi connectivity index (χ3v) is 7.08. The summed E-state index contributed by atoms with van der Waals surface area (Å²) in [6, 6.07) is 9.45. The molecule has 0 N–H and O–H groups in total. The molecule has 9 heteroatoms. The zero-order valence-electron chi connectivity index (χ0n) is 15.7. The Morgan fingerprint density at radius 1 is 1.07 bits per heavy atom. The van der Waals surface area contributed by atoms with Crippen molar-refractivity contribution in [2.24, 2.45) is 5.92 Å². The Morgan fingerprint density at radius 2 is 1.78 bits per heavy atom. The van der Waals surface area contributed by atoms with Crippen molar-refractivity contribution in [3.63, 3.8) is 0 Å². The highest BCUT2D eigenvalue weighted by Crippen LogP contribution is 2.35. The standard InChI is InChI=1S/C18H25N5O3S/c1-14(2)16-18-19-17(15-6-4-3-5-7-15)20-22(18)8-9-23(16)27(24,25)21-10-12-26-13-11-21/h3-7,14,16H,8-13H2,1-2H3/t16-/m0/s1. The normalized spacial score (nSPS) is 22.1. The zero-order chi connectivity index (χ0) is 19.0. The van der Waals surface area contributed by atoms with Gasteiger partial charge in [0.25, 0.3) is 10.2 Å². The van der Waals surface area contributed by atoms with Gasteiger partial charge in [-0.1, -0.05) is 44.2 Å². The molecule has 0 saturated carbocycles. The van der Waals surface area contributed by atoms with Crippen LogP contribution in [0.3, 0.4) is 0 Å². The molecule has 4 rings (SSSR count). The van der Waals surface area contributed by atoms with Gasteiger partial charge in [0.1, 0.15) is 5.82 Å². The summed E-state index contributed by atoms with van der Waals surface area (Å²) in [4.78, 5) is 4.74. The number of rotatable bonds is 4. The molecule has 0 unspecified atom stereocenters. The van der Waals surface area contributed by atoms with E-state index in [-0.39, 0.29) is 12.0 Å². The molecule has 1 fully saturated rings. The van der Waals surface area contributed by atoms with Gasteiger partial charge in [-0.15, -0.1) is 0 Å². The van der Waals surface area contributed by atoms with Crippen molar-refractivity contribution in [3.05, 3.63) is 36.2 Å². The molecule has 1 atom stereocenters. The first-order valence-corrected chi connectivity index (χ1v) is 10.7. The summed E-state index contributed by atoms with van der Waals surface area (Å²) < 4.78 is 36.9. The molecule has 1 aromatic heterocycles. The minimum atomic E-state index is -3.57. The van der Waals surface area contributed by atoms with E-state index in [1.54, 1.807) is 4.31 Å². The summed E-state index contributed by atoms with van der Waals surface area (Å²) in [6.45, 7) is 6.62. The second kappa shape index (κ2) is 7.31. The number of hydrogen-bond donors (Lipinski definition) is 0. The molecule has 0 aliphatic carbocycles. The molecule has 8 nitrogen and oxygen atoms in total. The van der Waals surface area contributed by atoms with Crippen LogP contribution in [0.2, 0.25) is 0 Å². The third kappa shape index (κ3) is 3.40. The maximum absolute atomic E-state index is 13.3. The summed E-state index contributed by atoms with van der Waals surface area (Å²) >= 11 is 0. The van der Waals surface area contributed by atoms with Crippen molar-refractivity contribution in [3.8, 4) is 11.4 Å². The largest absolute Gasteiger partial charge is 0.379 e. The molecule has 0 spiro atoms. The van der Waals surface area contributed by atoms with Crippen molar-refractivity contribution in [1.29, 1.82) is 0 Å². The van der Waals surface area contributed by atoms with Gasteiger partial charge in [-0.2, -0.15) is 22.1 Å². The quantitative estimate of drug-likeness (QED) is 0.790. The van der Waals surface area contributed by atoms with E-state index in [1.165, 1.54) is 4.31 Å². The number of morpholine rings is 1. The summed E-state index contributed by atoms with van der Waals surface area (Å²) in [6.07, 6.45) is 0. The molecule has 2 aromatic rings.